The number of hydrogen-bond acceptors (Lipinski definition) is 5. The number of nitrogens with one attached hydrogen (secondary N) is 2. The number of hydrogen-bond donors (Lipinski definition) is 2. The summed E-state index contributed by atoms with van der Waals surface area (Å²) in [5.41, 5.74) is 5.84. The molecule has 1 aliphatic heterocycles. The van der Waals surface area contributed by atoms with Crippen LogP contribution >= 0.6 is 11.9 Å². The highest BCUT2D eigenvalue weighted by Gasteiger charge is 2.34. The van der Waals surface area contributed by atoms with Gasteiger partial charge in [0.1, 0.15) is 0 Å². The highest BCUT2D eigenvalue weighted by molar-refractivity contribution is 7.97. The van der Waals surface area contributed by atoms with Gasteiger partial charge < -0.3 is 4.74 Å². The number of morpholine rings is 1. The number of H-pyrrole nitrogens is 1. The Balaban J connectivity index is 1.38. The zero-order chi connectivity index (χ0) is 20.9. The first-order chi connectivity index (χ1) is 15.4. The molecule has 3 aromatic rings. The van der Waals surface area contributed by atoms with Gasteiger partial charge in [0.15, 0.2) is 0 Å². The van der Waals surface area contributed by atoms with Gasteiger partial charge >= 0.3 is 0 Å². The molecule has 0 amide bonds. The van der Waals surface area contributed by atoms with E-state index in [0.29, 0.717) is 12.0 Å². The molecule has 5 nitrogen and oxygen atoms in total. The Morgan fingerprint density at radius 3 is 2.77 bits per heavy atom. The maximum atomic E-state index is 5.65. The molecule has 0 saturated carbocycles. The third-order valence-corrected chi connectivity index (χ3v) is 7.28. The van der Waals surface area contributed by atoms with Gasteiger partial charge in [-0.15, -0.1) is 0 Å². The molecule has 1 saturated heterocycles. The zero-order valence-corrected chi connectivity index (χ0v) is 18.6. The van der Waals surface area contributed by atoms with E-state index in [0.717, 1.165) is 44.2 Å². The Morgan fingerprint density at radius 1 is 1.10 bits per heavy atom. The molecular weight excluding hydrogens is 404 g/mol. The van der Waals surface area contributed by atoms with Crippen molar-refractivity contribution in [2.75, 3.05) is 26.3 Å². The van der Waals surface area contributed by atoms with Crippen molar-refractivity contribution < 1.29 is 4.74 Å². The number of fused-ring (bicyclic) bond motifs is 1. The largest absolute Gasteiger partial charge is 0.379 e. The third kappa shape index (κ3) is 5.04. The summed E-state index contributed by atoms with van der Waals surface area (Å²) in [7, 11) is 0. The second kappa shape index (κ2) is 10.0. The Bertz CT molecular complexity index is 957. The Labute approximate surface area is 188 Å². The molecule has 1 aliphatic carbocycles. The van der Waals surface area contributed by atoms with Gasteiger partial charge in [-0.3, -0.25) is 14.7 Å². The van der Waals surface area contributed by atoms with Crippen LogP contribution in [0.3, 0.4) is 0 Å². The first kappa shape index (κ1) is 20.8. The first-order valence-corrected chi connectivity index (χ1v) is 12.0. The molecule has 162 valence electrons. The van der Waals surface area contributed by atoms with Crippen LogP contribution in [-0.2, 0) is 24.1 Å². The molecular formula is C25H30N4OS. The number of rotatable bonds is 7. The summed E-state index contributed by atoms with van der Waals surface area (Å²) in [6.07, 6.45) is 7.25. The molecule has 0 spiro atoms. The normalized spacial score (nSPS) is 21.7. The standard InChI is InChI=1S/C25H30N4OS/c1-2-4-19(5-3-1)14-24-23-15-20(16-28-31-22-17-26-27-18-22)6-7-21(23)8-9-25(24)29-10-12-30-13-11-29/h1-7,15,17-18,24-25,28H,8-14,16H2,(H,26,27). The minimum atomic E-state index is 0.519. The monoisotopic (exact) mass is 434 g/mol. The van der Waals surface area contributed by atoms with Crippen molar-refractivity contribution >= 4 is 11.9 Å². The second-order valence-corrected chi connectivity index (χ2v) is 9.41. The molecule has 2 N–H and O–H groups in total. The van der Waals surface area contributed by atoms with Crippen LogP contribution in [0.2, 0.25) is 0 Å². The number of nitrogens with zero attached hydrogens (tertiary/aromatic N) is 2. The van der Waals surface area contributed by atoms with Crippen LogP contribution in [0.25, 0.3) is 0 Å². The average molecular weight is 435 g/mol. The van der Waals surface area contributed by atoms with E-state index in [-0.39, 0.29) is 0 Å². The van der Waals surface area contributed by atoms with Crippen molar-refractivity contribution in [3.05, 3.63) is 83.2 Å². The zero-order valence-electron chi connectivity index (χ0n) is 17.8. The van der Waals surface area contributed by atoms with Crippen molar-refractivity contribution in [2.24, 2.45) is 0 Å². The summed E-state index contributed by atoms with van der Waals surface area (Å²) in [4.78, 5) is 3.78. The molecule has 1 fully saturated rings. The fourth-order valence-electron chi connectivity index (χ4n) is 5.00. The van der Waals surface area contributed by atoms with Crippen molar-refractivity contribution in [1.29, 1.82) is 0 Å². The number of aromatic nitrogens is 2. The van der Waals surface area contributed by atoms with Crippen molar-refractivity contribution in [3.63, 3.8) is 0 Å². The molecule has 2 aromatic carbocycles. The molecule has 2 aliphatic rings. The summed E-state index contributed by atoms with van der Waals surface area (Å²) < 4.78 is 9.13. The summed E-state index contributed by atoms with van der Waals surface area (Å²) in [6, 6.07) is 18.7. The van der Waals surface area contributed by atoms with Gasteiger partial charge in [-0.2, -0.15) is 5.10 Å². The molecule has 2 atom stereocenters. The lowest BCUT2D eigenvalue weighted by atomic mass is 9.75. The lowest BCUT2D eigenvalue weighted by Gasteiger charge is -2.43. The van der Waals surface area contributed by atoms with Crippen molar-refractivity contribution in [2.45, 2.75) is 42.7 Å². The predicted molar refractivity (Wildman–Crippen MR) is 125 cm³/mol. The SMILES string of the molecule is c1ccc(CC2c3cc(CNSc4cn[nH]c4)ccc3CCC2N2CCOCC2)cc1. The highest BCUT2D eigenvalue weighted by Crippen LogP contribution is 2.38. The average Bonchev–Trinajstić information content (AvgIpc) is 3.34. The predicted octanol–water partition coefficient (Wildman–Crippen LogP) is 4.18. The number of aromatic amines is 1. The molecule has 1 aromatic heterocycles. The van der Waals surface area contributed by atoms with Gasteiger partial charge in [-0.25, -0.2) is 0 Å². The number of ether oxygens (including phenoxy) is 1. The van der Waals surface area contributed by atoms with E-state index in [1.54, 1.807) is 17.5 Å². The minimum absolute atomic E-state index is 0.519. The summed E-state index contributed by atoms with van der Waals surface area (Å²) in [6.45, 7) is 4.65. The number of benzene rings is 2. The molecule has 6 heteroatoms. The molecule has 0 radical (unpaired) electrons. The van der Waals surface area contributed by atoms with Gasteiger partial charge in [-0.05, 0) is 53.5 Å². The van der Waals surface area contributed by atoms with E-state index in [1.165, 1.54) is 29.5 Å². The first-order valence-electron chi connectivity index (χ1n) is 11.2. The van der Waals surface area contributed by atoms with Gasteiger partial charge in [-0.1, -0.05) is 48.5 Å². The molecule has 5 rings (SSSR count). The van der Waals surface area contributed by atoms with Gasteiger partial charge in [0, 0.05) is 37.8 Å². The maximum absolute atomic E-state index is 5.65. The molecule has 31 heavy (non-hydrogen) atoms. The van der Waals surface area contributed by atoms with Gasteiger partial charge in [0.2, 0.25) is 0 Å². The highest BCUT2D eigenvalue weighted by atomic mass is 32.2. The number of aryl methyl sites for hydroxylation is 1. The van der Waals surface area contributed by atoms with Crippen molar-refractivity contribution in [1.82, 2.24) is 19.8 Å². The van der Waals surface area contributed by atoms with Gasteiger partial charge in [0.25, 0.3) is 0 Å². The van der Waals surface area contributed by atoms with E-state index in [1.807, 2.05) is 12.4 Å². The fourth-order valence-corrected chi connectivity index (χ4v) is 5.62. The van der Waals surface area contributed by atoms with E-state index < -0.39 is 0 Å². The van der Waals surface area contributed by atoms with E-state index in [4.69, 9.17) is 4.74 Å². The molecule has 2 unspecified atom stereocenters. The van der Waals surface area contributed by atoms with E-state index in [9.17, 15) is 0 Å². The lowest BCUT2D eigenvalue weighted by molar-refractivity contribution is 0.00683. The van der Waals surface area contributed by atoms with E-state index in [2.05, 4.69) is 68.4 Å². The smallest absolute Gasteiger partial charge is 0.0636 e. The van der Waals surface area contributed by atoms with Crippen LogP contribution < -0.4 is 4.72 Å². The van der Waals surface area contributed by atoms with Crippen LogP contribution in [0, 0.1) is 0 Å². The Hall–Kier alpha value is -2.12. The van der Waals surface area contributed by atoms with E-state index >= 15 is 0 Å². The molecule has 2 heterocycles. The minimum Gasteiger partial charge on any atom is -0.379 e. The van der Waals surface area contributed by atoms with Crippen LogP contribution in [-0.4, -0.2) is 47.4 Å². The second-order valence-electron chi connectivity index (χ2n) is 8.44. The maximum Gasteiger partial charge on any atom is 0.0636 e. The lowest BCUT2D eigenvalue weighted by Crippen LogP contribution is -2.48. The third-order valence-electron chi connectivity index (χ3n) is 6.54. The van der Waals surface area contributed by atoms with Crippen molar-refractivity contribution in [3.8, 4) is 0 Å². The summed E-state index contributed by atoms with van der Waals surface area (Å²) in [5, 5.41) is 6.87. The topological polar surface area (TPSA) is 53.2 Å². The van der Waals surface area contributed by atoms with Gasteiger partial charge in [0.05, 0.1) is 24.3 Å². The quantitative estimate of drug-likeness (QED) is 0.547. The van der Waals surface area contributed by atoms with Crippen LogP contribution in [0.1, 0.15) is 34.6 Å². The van der Waals surface area contributed by atoms with Crippen LogP contribution in [0.5, 0.6) is 0 Å². The Morgan fingerprint density at radius 2 is 1.97 bits per heavy atom. The van der Waals surface area contributed by atoms with Crippen LogP contribution in [0.4, 0.5) is 0 Å². The fraction of sp³-hybridized carbons (Fsp3) is 0.400. The Kier molecular flexibility index (Phi) is 6.70. The summed E-state index contributed by atoms with van der Waals surface area (Å²) in [5.74, 6) is 0.519. The van der Waals surface area contributed by atoms with Crippen LogP contribution in [0.15, 0.2) is 65.8 Å². The molecule has 0 bridgehead atoms. The summed E-state index contributed by atoms with van der Waals surface area (Å²) >= 11 is 1.62.